The highest BCUT2D eigenvalue weighted by Gasteiger charge is 2.33. The number of aromatic nitrogens is 2. The van der Waals surface area contributed by atoms with Crippen molar-refractivity contribution in [2.24, 2.45) is 17.0 Å². The number of nitrogens with zero attached hydrogens (tertiary/aromatic N) is 3. The third-order valence-electron chi connectivity index (χ3n) is 3.40. The van der Waals surface area contributed by atoms with E-state index in [1.165, 1.54) is 13.3 Å². The number of anilines is 1. The van der Waals surface area contributed by atoms with Gasteiger partial charge in [-0.25, -0.2) is 18.5 Å². The molecule has 2 heterocycles. The lowest BCUT2D eigenvalue weighted by molar-refractivity contribution is 0.380. The Balaban J connectivity index is 2.19. The van der Waals surface area contributed by atoms with Gasteiger partial charge in [0.1, 0.15) is 5.02 Å². The summed E-state index contributed by atoms with van der Waals surface area (Å²) in [4.78, 5) is 10.1. The van der Waals surface area contributed by atoms with Gasteiger partial charge in [-0.2, -0.15) is 4.98 Å². The zero-order chi connectivity index (χ0) is 14.9. The van der Waals surface area contributed by atoms with Crippen molar-refractivity contribution in [2.75, 3.05) is 30.9 Å². The van der Waals surface area contributed by atoms with E-state index in [9.17, 15) is 8.42 Å². The van der Waals surface area contributed by atoms with Crippen LogP contribution < -0.4 is 14.8 Å². The van der Waals surface area contributed by atoms with Crippen LogP contribution in [0.15, 0.2) is 6.20 Å². The van der Waals surface area contributed by atoms with Crippen LogP contribution in [-0.4, -0.2) is 44.3 Å². The maximum absolute atomic E-state index is 11.2. The lowest BCUT2D eigenvalue weighted by atomic mass is 10.0. The Morgan fingerprint density at radius 1 is 1.55 bits per heavy atom. The molecule has 7 nitrogen and oxygen atoms in total. The summed E-state index contributed by atoms with van der Waals surface area (Å²) in [6, 6.07) is 0.229. The predicted octanol–water partition coefficient (Wildman–Crippen LogP) is 0.499. The summed E-state index contributed by atoms with van der Waals surface area (Å²) >= 11 is 6.10. The van der Waals surface area contributed by atoms with E-state index in [-0.39, 0.29) is 23.6 Å². The molecule has 0 radical (unpaired) electrons. The number of ether oxygens (including phenoxy) is 1. The van der Waals surface area contributed by atoms with Gasteiger partial charge in [-0.1, -0.05) is 18.5 Å². The zero-order valence-electron chi connectivity index (χ0n) is 11.3. The number of primary sulfonamides is 1. The normalized spacial score (nSPS) is 23.1. The van der Waals surface area contributed by atoms with Crippen LogP contribution >= 0.6 is 11.6 Å². The number of sulfonamides is 1. The molecule has 20 heavy (non-hydrogen) atoms. The first kappa shape index (κ1) is 15.3. The van der Waals surface area contributed by atoms with Crippen molar-refractivity contribution in [3.8, 4) is 6.01 Å². The van der Waals surface area contributed by atoms with Crippen molar-refractivity contribution in [1.82, 2.24) is 9.97 Å². The van der Waals surface area contributed by atoms with Gasteiger partial charge in [0.15, 0.2) is 5.82 Å². The van der Waals surface area contributed by atoms with Crippen LogP contribution in [0.25, 0.3) is 0 Å². The van der Waals surface area contributed by atoms with Crippen molar-refractivity contribution in [3.05, 3.63) is 11.2 Å². The molecule has 0 spiro atoms. The standard InChI is InChI=1S/C11H17ClN4O3S/c1-7-4-16(5-8(7)6-20(13,17)18)10-9(12)3-14-11(15-10)19-2/h3,7-8H,4-6H2,1-2H3,(H2,13,17,18)/t7-,8+/m1/s1. The van der Waals surface area contributed by atoms with Gasteiger partial charge < -0.3 is 9.64 Å². The highest BCUT2D eigenvalue weighted by Crippen LogP contribution is 2.32. The summed E-state index contributed by atoms with van der Waals surface area (Å²) in [6.45, 7) is 3.19. The second-order valence-corrected chi connectivity index (χ2v) is 7.07. The predicted molar refractivity (Wildman–Crippen MR) is 76.4 cm³/mol. The molecule has 0 aliphatic carbocycles. The number of hydrogen-bond donors (Lipinski definition) is 1. The van der Waals surface area contributed by atoms with E-state index in [1.54, 1.807) is 0 Å². The number of nitrogens with two attached hydrogens (primary N) is 1. The van der Waals surface area contributed by atoms with Crippen LogP contribution in [0.1, 0.15) is 6.92 Å². The number of hydrogen-bond acceptors (Lipinski definition) is 6. The highest BCUT2D eigenvalue weighted by atomic mass is 35.5. The van der Waals surface area contributed by atoms with Gasteiger partial charge in [-0.05, 0) is 11.8 Å². The molecule has 2 atom stereocenters. The summed E-state index contributed by atoms with van der Waals surface area (Å²) < 4.78 is 27.4. The largest absolute Gasteiger partial charge is 0.467 e. The summed E-state index contributed by atoms with van der Waals surface area (Å²) in [6.07, 6.45) is 1.47. The molecule has 112 valence electrons. The SMILES string of the molecule is COc1ncc(Cl)c(N2C[C@@H](CS(N)(=O)=O)[C@H](C)C2)n1. The van der Waals surface area contributed by atoms with Crippen LogP contribution in [0.4, 0.5) is 5.82 Å². The number of halogens is 1. The number of rotatable bonds is 4. The van der Waals surface area contributed by atoms with E-state index < -0.39 is 10.0 Å². The Kier molecular flexibility index (Phi) is 4.36. The smallest absolute Gasteiger partial charge is 0.318 e. The topological polar surface area (TPSA) is 98.4 Å². The van der Waals surface area contributed by atoms with Gasteiger partial charge in [0.2, 0.25) is 10.0 Å². The fourth-order valence-electron chi connectivity index (χ4n) is 2.39. The van der Waals surface area contributed by atoms with E-state index in [0.29, 0.717) is 23.9 Å². The molecule has 1 aliphatic rings. The second-order valence-electron chi connectivity index (χ2n) is 5.00. The molecule has 1 aliphatic heterocycles. The molecule has 9 heteroatoms. The van der Waals surface area contributed by atoms with E-state index >= 15 is 0 Å². The first-order chi connectivity index (χ1) is 9.30. The average molecular weight is 321 g/mol. The molecule has 0 amide bonds. The summed E-state index contributed by atoms with van der Waals surface area (Å²) in [5.41, 5.74) is 0. The molecular weight excluding hydrogens is 304 g/mol. The zero-order valence-corrected chi connectivity index (χ0v) is 12.9. The molecule has 1 saturated heterocycles. The third kappa shape index (κ3) is 3.50. The van der Waals surface area contributed by atoms with Gasteiger partial charge in [-0.3, -0.25) is 0 Å². The lowest BCUT2D eigenvalue weighted by Crippen LogP contribution is -2.27. The Bertz CT molecular complexity index is 595. The minimum Gasteiger partial charge on any atom is -0.467 e. The van der Waals surface area contributed by atoms with Crippen molar-refractivity contribution in [3.63, 3.8) is 0 Å². The fourth-order valence-corrected chi connectivity index (χ4v) is 3.63. The Hall–Kier alpha value is -1.12. The van der Waals surface area contributed by atoms with E-state index in [0.717, 1.165) is 0 Å². The molecule has 0 saturated carbocycles. The summed E-state index contributed by atoms with van der Waals surface area (Å²) in [7, 11) is -2.01. The first-order valence-corrected chi connectivity index (χ1v) is 8.21. The Labute approximate surface area is 123 Å². The van der Waals surface area contributed by atoms with Crippen molar-refractivity contribution in [1.29, 1.82) is 0 Å². The van der Waals surface area contributed by atoms with Crippen LogP contribution in [0, 0.1) is 11.8 Å². The van der Waals surface area contributed by atoms with Gasteiger partial charge in [0, 0.05) is 13.1 Å². The minimum atomic E-state index is -3.49. The maximum atomic E-state index is 11.2. The average Bonchev–Trinajstić information content (AvgIpc) is 2.69. The Morgan fingerprint density at radius 2 is 2.25 bits per heavy atom. The molecule has 1 fully saturated rings. The van der Waals surface area contributed by atoms with E-state index in [2.05, 4.69) is 9.97 Å². The van der Waals surface area contributed by atoms with Gasteiger partial charge >= 0.3 is 6.01 Å². The number of methoxy groups -OCH3 is 1. The molecule has 1 aromatic heterocycles. The molecule has 2 rings (SSSR count). The molecule has 0 aromatic carbocycles. The second kappa shape index (κ2) is 5.71. The van der Waals surface area contributed by atoms with Gasteiger partial charge in [-0.15, -0.1) is 0 Å². The molecule has 0 unspecified atom stereocenters. The van der Waals surface area contributed by atoms with Crippen molar-refractivity contribution >= 4 is 27.4 Å². The first-order valence-electron chi connectivity index (χ1n) is 6.12. The quantitative estimate of drug-likeness (QED) is 0.867. The van der Waals surface area contributed by atoms with Gasteiger partial charge in [0.05, 0.1) is 19.1 Å². The maximum Gasteiger partial charge on any atom is 0.318 e. The van der Waals surface area contributed by atoms with Gasteiger partial charge in [0.25, 0.3) is 0 Å². The summed E-state index contributed by atoms with van der Waals surface area (Å²) in [5.74, 6) is 0.666. The van der Waals surface area contributed by atoms with Crippen LogP contribution in [0.5, 0.6) is 6.01 Å². The molecule has 2 N–H and O–H groups in total. The van der Waals surface area contributed by atoms with Crippen LogP contribution in [0.3, 0.4) is 0 Å². The van der Waals surface area contributed by atoms with E-state index in [1.807, 2.05) is 11.8 Å². The van der Waals surface area contributed by atoms with E-state index in [4.69, 9.17) is 21.5 Å². The van der Waals surface area contributed by atoms with Crippen molar-refractivity contribution < 1.29 is 13.2 Å². The highest BCUT2D eigenvalue weighted by molar-refractivity contribution is 7.89. The van der Waals surface area contributed by atoms with Crippen LogP contribution in [-0.2, 0) is 10.0 Å². The molecule has 0 bridgehead atoms. The molecular formula is C11H17ClN4O3S. The minimum absolute atomic E-state index is 0.0372. The monoisotopic (exact) mass is 320 g/mol. The molecule has 1 aromatic rings. The Morgan fingerprint density at radius 3 is 2.85 bits per heavy atom. The lowest BCUT2D eigenvalue weighted by Gasteiger charge is -2.18. The third-order valence-corrected chi connectivity index (χ3v) is 4.56. The van der Waals surface area contributed by atoms with Crippen LogP contribution in [0.2, 0.25) is 5.02 Å². The fraction of sp³-hybridized carbons (Fsp3) is 0.636. The van der Waals surface area contributed by atoms with Crippen molar-refractivity contribution in [2.45, 2.75) is 6.92 Å². The summed E-state index contributed by atoms with van der Waals surface area (Å²) in [5, 5.41) is 5.53.